The number of carbonyl (C=O) groups is 2. The van der Waals surface area contributed by atoms with E-state index in [0.717, 1.165) is 18.2 Å². The van der Waals surface area contributed by atoms with Gasteiger partial charge in [-0.2, -0.15) is 0 Å². The molecule has 0 aliphatic heterocycles. The van der Waals surface area contributed by atoms with Crippen molar-refractivity contribution in [2.45, 2.75) is 0 Å². The van der Waals surface area contributed by atoms with Gasteiger partial charge in [0.15, 0.2) is 0 Å². The van der Waals surface area contributed by atoms with Gasteiger partial charge in [0.2, 0.25) is 0 Å². The van der Waals surface area contributed by atoms with Crippen LogP contribution >= 0.6 is 11.6 Å². The van der Waals surface area contributed by atoms with Gasteiger partial charge < -0.3 is 10.2 Å². The zero-order valence-corrected chi connectivity index (χ0v) is 6.08. The average molecular weight is 177 g/mol. The molecule has 5 heteroatoms. The molecule has 0 atom stereocenters. The molecule has 0 heterocycles. The van der Waals surface area contributed by atoms with Crippen molar-refractivity contribution < 1.29 is 19.8 Å². The minimum absolute atomic E-state index is 0.428. The lowest BCUT2D eigenvalue weighted by Gasteiger charge is -1.83. The monoisotopic (exact) mass is 176 g/mol. The van der Waals surface area contributed by atoms with E-state index in [1.807, 2.05) is 0 Å². The third-order valence-electron chi connectivity index (χ3n) is 0.686. The molecule has 0 aromatic carbocycles. The molecule has 60 valence electrons. The molecule has 0 aromatic heterocycles. The molecule has 0 aliphatic carbocycles. The van der Waals surface area contributed by atoms with Crippen molar-refractivity contribution in [2.24, 2.45) is 0 Å². The van der Waals surface area contributed by atoms with E-state index in [-0.39, 0.29) is 0 Å². The summed E-state index contributed by atoms with van der Waals surface area (Å²) >= 11 is 5.12. The molecule has 0 bridgehead atoms. The fraction of sp³-hybridized carbons (Fsp3) is 0. The lowest BCUT2D eigenvalue weighted by atomic mass is 10.4. The predicted molar refractivity (Wildman–Crippen MR) is 38.3 cm³/mol. The van der Waals surface area contributed by atoms with Crippen molar-refractivity contribution in [3.63, 3.8) is 0 Å². The average Bonchev–Trinajstić information content (AvgIpc) is 1.86. The third kappa shape index (κ3) is 5.17. The Bertz CT molecular complexity index is 229. The maximum atomic E-state index is 9.99. The Kier molecular flexibility index (Phi) is 3.98. The van der Waals surface area contributed by atoms with E-state index in [9.17, 15) is 9.59 Å². The van der Waals surface area contributed by atoms with Gasteiger partial charge in [-0.25, -0.2) is 9.59 Å². The molecule has 0 aromatic rings. The largest absolute Gasteiger partial charge is 0.478 e. The summed E-state index contributed by atoms with van der Waals surface area (Å²) in [5, 5.41) is 15.8. The lowest BCUT2D eigenvalue weighted by Crippen LogP contribution is -1.92. The summed E-state index contributed by atoms with van der Waals surface area (Å²) in [5.74, 6) is -2.45. The molecule has 11 heavy (non-hydrogen) atoms. The molecule has 0 unspecified atom stereocenters. The van der Waals surface area contributed by atoms with Crippen LogP contribution < -0.4 is 0 Å². The summed E-state index contributed by atoms with van der Waals surface area (Å²) in [6.07, 6.45) is 2.81. The van der Waals surface area contributed by atoms with Crippen LogP contribution in [0.2, 0.25) is 0 Å². The van der Waals surface area contributed by atoms with Crippen molar-refractivity contribution >= 4 is 23.5 Å². The minimum Gasteiger partial charge on any atom is -0.478 e. The zero-order chi connectivity index (χ0) is 8.85. The maximum Gasteiger partial charge on any atom is 0.347 e. The van der Waals surface area contributed by atoms with Gasteiger partial charge in [0.1, 0.15) is 5.03 Å². The van der Waals surface area contributed by atoms with Crippen LogP contribution in [-0.4, -0.2) is 22.2 Å². The van der Waals surface area contributed by atoms with Gasteiger partial charge in [-0.1, -0.05) is 17.7 Å². The van der Waals surface area contributed by atoms with Crippen LogP contribution in [-0.2, 0) is 9.59 Å². The quantitative estimate of drug-likeness (QED) is 0.494. The van der Waals surface area contributed by atoms with E-state index in [1.165, 1.54) is 0 Å². The lowest BCUT2D eigenvalue weighted by molar-refractivity contribution is -0.132. The number of allylic oxidation sites excluding steroid dienone is 2. The summed E-state index contributed by atoms with van der Waals surface area (Å²) in [7, 11) is 0. The number of carboxylic acid groups (broad SMARTS) is 2. The van der Waals surface area contributed by atoms with Crippen molar-refractivity contribution in [1.29, 1.82) is 0 Å². The summed E-state index contributed by atoms with van der Waals surface area (Å²) in [6, 6.07) is 0. The second kappa shape index (κ2) is 4.51. The molecule has 0 rings (SSSR count). The van der Waals surface area contributed by atoms with E-state index >= 15 is 0 Å². The molecule has 0 amide bonds. The van der Waals surface area contributed by atoms with E-state index in [2.05, 4.69) is 0 Å². The Balaban J connectivity index is 4.13. The van der Waals surface area contributed by atoms with Crippen LogP contribution in [0.25, 0.3) is 0 Å². The van der Waals surface area contributed by atoms with Crippen LogP contribution in [0, 0.1) is 0 Å². The highest BCUT2D eigenvalue weighted by Crippen LogP contribution is 2.00. The Morgan fingerprint density at radius 1 is 1.27 bits per heavy atom. The Labute approximate surface area is 67.4 Å². The van der Waals surface area contributed by atoms with E-state index < -0.39 is 17.0 Å². The highest BCUT2D eigenvalue weighted by Gasteiger charge is 1.98. The van der Waals surface area contributed by atoms with Crippen LogP contribution in [0.5, 0.6) is 0 Å². The predicted octanol–water partition coefficient (Wildman–Crippen LogP) is 0.835. The van der Waals surface area contributed by atoms with Crippen molar-refractivity contribution in [3.05, 3.63) is 23.3 Å². The fourth-order valence-corrected chi connectivity index (χ4v) is 0.359. The number of hydrogen-bond acceptors (Lipinski definition) is 2. The van der Waals surface area contributed by atoms with E-state index in [4.69, 9.17) is 21.8 Å². The van der Waals surface area contributed by atoms with Gasteiger partial charge in [0.05, 0.1) is 0 Å². The topological polar surface area (TPSA) is 74.6 Å². The van der Waals surface area contributed by atoms with Gasteiger partial charge in [-0.15, -0.1) is 0 Å². The maximum absolute atomic E-state index is 9.99. The van der Waals surface area contributed by atoms with Gasteiger partial charge in [-0.05, 0) is 6.08 Å². The van der Waals surface area contributed by atoms with E-state index in [0.29, 0.717) is 0 Å². The van der Waals surface area contributed by atoms with Crippen LogP contribution in [0.15, 0.2) is 23.3 Å². The zero-order valence-electron chi connectivity index (χ0n) is 5.32. The first-order chi connectivity index (χ1) is 5.04. The number of halogens is 1. The van der Waals surface area contributed by atoms with Crippen LogP contribution in [0.3, 0.4) is 0 Å². The first-order valence-corrected chi connectivity index (χ1v) is 2.92. The fourth-order valence-electron chi connectivity index (χ4n) is 0.286. The number of hydrogen-bond donors (Lipinski definition) is 2. The van der Waals surface area contributed by atoms with Crippen molar-refractivity contribution in [3.8, 4) is 0 Å². The number of aliphatic carboxylic acids is 2. The minimum atomic E-state index is -1.29. The third-order valence-corrected chi connectivity index (χ3v) is 0.973. The SMILES string of the molecule is O=C(O)/C=C/C=C(/Cl)C(=O)O. The van der Waals surface area contributed by atoms with Gasteiger partial charge in [-0.3, -0.25) is 0 Å². The van der Waals surface area contributed by atoms with Gasteiger partial charge in [0, 0.05) is 6.08 Å². The molecule has 0 fully saturated rings. The summed E-state index contributed by atoms with van der Waals surface area (Å²) < 4.78 is 0. The van der Waals surface area contributed by atoms with Crippen molar-refractivity contribution in [2.75, 3.05) is 0 Å². The van der Waals surface area contributed by atoms with Crippen LogP contribution in [0.4, 0.5) is 0 Å². The Morgan fingerprint density at radius 2 is 1.82 bits per heavy atom. The molecule has 2 N–H and O–H groups in total. The summed E-state index contributed by atoms with van der Waals surface area (Å²) in [5.41, 5.74) is 0. The molecular formula is C6H5ClO4. The molecule has 0 spiro atoms. The van der Waals surface area contributed by atoms with Gasteiger partial charge >= 0.3 is 11.9 Å². The van der Waals surface area contributed by atoms with Crippen LogP contribution in [0.1, 0.15) is 0 Å². The summed E-state index contributed by atoms with van der Waals surface area (Å²) in [6.45, 7) is 0. The Hall–Kier alpha value is -1.29. The molecule has 0 saturated heterocycles. The Morgan fingerprint density at radius 3 is 2.18 bits per heavy atom. The summed E-state index contributed by atoms with van der Waals surface area (Å²) in [4.78, 5) is 19.8. The number of carboxylic acids is 2. The molecule has 0 radical (unpaired) electrons. The highest BCUT2D eigenvalue weighted by molar-refractivity contribution is 6.41. The normalized spacial score (nSPS) is 11.9. The second-order valence-corrected chi connectivity index (χ2v) is 1.92. The van der Waals surface area contributed by atoms with Gasteiger partial charge in [0.25, 0.3) is 0 Å². The van der Waals surface area contributed by atoms with Crippen molar-refractivity contribution in [1.82, 2.24) is 0 Å². The molecular weight excluding hydrogens is 172 g/mol. The molecule has 0 aliphatic rings. The molecule has 0 saturated carbocycles. The molecule has 4 nitrogen and oxygen atoms in total. The standard InChI is InChI=1S/C6H5ClO4/c7-4(6(10)11)2-1-3-5(8)9/h1-3H,(H,8,9)(H,10,11)/b3-1+,4-2+. The highest BCUT2D eigenvalue weighted by atomic mass is 35.5. The van der Waals surface area contributed by atoms with E-state index in [1.54, 1.807) is 0 Å². The first-order valence-electron chi connectivity index (χ1n) is 2.54. The smallest absolute Gasteiger partial charge is 0.347 e. The number of rotatable bonds is 3. The second-order valence-electron chi connectivity index (χ2n) is 1.52. The first kappa shape index (κ1) is 9.71.